The number of nitrogens with one attached hydrogen (secondary N) is 2. The van der Waals surface area contributed by atoms with E-state index in [1.807, 2.05) is 17.5 Å². The smallest absolute Gasteiger partial charge is 0.408 e. The number of amides is 4. The van der Waals surface area contributed by atoms with Crippen LogP contribution in [0.2, 0.25) is 0 Å². The molecule has 4 N–H and O–H groups in total. The lowest BCUT2D eigenvalue weighted by Crippen LogP contribution is -2.53. The van der Waals surface area contributed by atoms with Gasteiger partial charge in [-0.2, -0.15) is 4.98 Å². The van der Waals surface area contributed by atoms with Gasteiger partial charge in [0.15, 0.2) is 10.8 Å². The molecule has 15 nitrogen and oxygen atoms in total. The van der Waals surface area contributed by atoms with Crippen LogP contribution in [0.5, 0.6) is 5.88 Å². The summed E-state index contributed by atoms with van der Waals surface area (Å²) in [5, 5.41) is 5.48. The van der Waals surface area contributed by atoms with Crippen molar-refractivity contribution in [2.45, 2.75) is 159 Å². The highest BCUT2D eigenvalue weighted by atomic mass is 32.2. The Morgan fingerprint density at radius 1 is 1.07 bits per heavy atom. The van der Waals surface area contributed by atoms with Gasteiger partial charge < -0.3 is 25.4 Å². The van der Waals surface area contributed by atoms with Gasteiger partial charge in [0.25, 0.3) is 0 Å². The monoisotopic (exact) mass is 841 g/mol. The summed E-state index contributed by atoms with van der Waals surface area (Å²) in [5.41, 5.74) is 7.92. The number of hydrogen-bond acceptors (Lipinski definition) is 12. The number of aryl methyl sites for hydroxylation is 1. The zero-order valence-electron chi connectivity index (χ0n) is 34.5. The number of carbonyl (C=O) groups is 4. The normalized spacial score (nSPS) is 23.0. The average molecular weight is 842 g/mol. The second kappa shape index (κ2) is 17.6. The highest BCUT2D eigenvalue weighted by Gasteiger charge is 2.52. The summed E-state index contributed by atoms with van der Waals surface area (Å²) >= 11 is 1.49. The summed E-state index contributed by atoms with van der Waals surface area (Å²) in [5.74, 6) is -0.640. The summed E-state index contributed by atoms with van der Waals surface area (Å²) < 4.78 is 38.3. The third-order valence-corrected chi connectivity index (χ3v) is 14.4. The minimum absolute atomic E-state index is 0.0199. The molecule has 1 aliphatic heterocycles. The van der Waals surface area contributed by atoms with E-state index in [0.29, 0.717) is 48.8 Å². The molecular formula is C41H59N7O8S2. The Balaban J connectivity index is 1.07. The van der Waals surface area contributed by atoms with Gasteiger partial charge in [0.1, 0.15) is 23.8 Å². The molecule has 2 saturated carbocycles. The topological polar surface area (TPSA) is 213 Å². The predicted molar refractivity (Wildman–Crippen MR) is 219 cm³/mol. The molecular weight excluding hydrogens is 783 g/mol. The first-order chi connectivity index (χ1) is 27.3. The number of alkyl carbamates (subject to hydrolysis) is 1. The Kier molecular flexibility index (Phi) is 13.2. The van der Waals surface area contributed by atoms with E-state index in [1.54, 1.807) is 27.7 Å². The van der Waals surface area contributed by atoms with Crippen LogP contribution < -0.4 is 20.5 Å². The molecule has 2 aromatic rings. The molecule has 0 spiro atoms. The molecule has 4 aliphatic rings. The lowest BCUT2D eigenvalue weighted by molar-refractivity contribution is -0.139. The van der Waals surface area contributed by atoms with Crippen molar-refractivity contribution >= 4 is 45.2 Å². The third kappa shape index (κ3) is 10.7. The van der Waals surface area contributed by atoms with E-state index in [9.17, 15) is 27.6 Å². The van der Waals surface area contributed by atoms with Gasteiger partial charge in [0.05, 0.1) is 22.7 Å². The lowest BCUT2D eigenvalue weighted by Gasteiger charge is -2.28. The third-order valence-electron chi connectivity index (χ3n) is 11.4. The molecule has 4 amide bonds. The van der Waals surface area contributed by atoms with Gasteiger partial charge in [-0.05, 0) is 104 Å². The van der Waals surface area contributed by atoms with E-state index in [0.717, 1.165) is 61.9 Å². The van der Waals surface area contributed by atoms with Gasteiger partial charge >= 0.3 is 6.09 Å². The fourth-order valence-corrected chi connectivity index (χ4v) is 9.65. The SMILES string of the molecule is CC(C)c1csc(-c2nc3c(c(O[C@@H]4C[C@@H](C(N)=O)N(C(=O)[C@H](CCCCC/C=C\[C@@H]5C[C@@H]5C(=O)NS(=O)(=O)C5(C)CC5)NC(=O)OC(C)(C)C)C4)n2)CCCC3)n1. The van der Waals surface area contributed by atoms with E-state index in [4.69, 9.17) is 30.2 Å². The van der Waals surface area contributed by atoms with Crippen molar-refractivity contribution in [2.24, 2.45) is 17.6 Å². The number of sulfonamides is 1. The first-order valence-electron chi connectivity index (χ1n) is 20.7. The number of aromatic nitrogens is 3. The summed E-state index contributed by atoms with van der Waals surface area (Å²) in [4.78, 5) is 68.4. The highest BCUT2D eigenvalue weighted by Crippen LogP contribution is 2.44. The van der Waals surface area contributed by atoms with Crippen molar-refractivity contribution < 1.29 is 37.1 Å². The van der Waals surface area contributed by atoms with Gasteiger partial charge in [-0.15, -0.1) is 11.3 Å². The Labute approximate surface area is 345 Å². The molecule has 3 aliphatic carbocycles. The van der Waals surface area contributed by atoms with Crippen molar-refractivity contribution in [1.82, 2.24) is 29.9 Å². The number of carbonyl (C=O) groups excluding carboxylic acids is 4. The molecule has 3 fully saturated rings. The number of primary amides is 1. The average Bonchev–Trinajstić information content (AvgIpc) is 3.98. The summed E-state index contributed by atoms with van der Waals surface area (Å²) in [6, 6.07) is -1.91. The molecule has 17 heteroatoms. The first kappa shape index (κ1) is 43.5. The first-order valence-corrected chi connectivity index (χ1v) is 23.0. The van der Waals surface area contributed by atoms with E-state index in [2.05, 4.69) is 23.9 Å². The van der Waals surface area contributed by atoms with Crippen LogP contribution in [0.1, 0.15) is 135 Å². The van der Waals surface area contributed by atoms with Crippen molar-refractivity contribution in [1.29, 1.82) is 0 Å². The molecule has 2 aromatic heterocycles. The predicted octanol–water partition coefficient (Wildman–Crippen LogP) is 5.47. The molecule has 0 aromatic carbocycles. The van der Waals surface area contributed by atoms with Gasteiger partial charge in [0.2, 0.25) is 33.6 Å². The largest absolute Gasteiger partial charge is 0.472 e. The molecule has 0 bridgehead atoms. The van der Waals surface area contributed by atoms with Crippen LogP contribution in [0, 0.1) is 11.8 Å². The Hall–Kier alpha value is -4.12. The van der Waals surface area contributed by atoms with Gasteiger partial charge in [0, 0.05) is 23.3 Å². The van der Waals surface area contributed by atoms with Crippen LogP contribution in [-0.4, -0.2) is 87.2 Å². The van der Waals surface area contributed by atoms with Crippen LogP contribution in [0.3, 0.4) is 0 Å². The Morgan fingerprint density at radius 3 is 2.48 bits per heavy atom. The maximum atomic E-state index is 14.2. The Morgan fingerprint density at radius 2 is 1.81 bits per heavy atom. The zero-order valence-corrected chi connectivity index (χ0v) is 36.2. The number of allylic oxidation sites excluding steroid dienone is 2. The van der Waals surface area contributed by atoms with Crippen LogP contribution in [0.15, 0.2) is 17.5 Å². The minimum Gasteiger partial charge on any atom is -0.472 e. The quantitative estimate of drug-likeness (QED) is 0.134. The fourth-order valence-electron chi connectivity index (χ4n) is 7.43. The zero-order chi connectivity index (χ0) is 42.0. The molecule has 0 unspecified atom stereocenters. The number of unbranched alkanes of at least 4 members (excludes halogenated alkanes) is 3. The van der Waals surface area contributed by atoms with E-state index in [1.165, 1.54) is 16.2 Å². The van der Waals surface area contributed by atoms with Crippen LogP contribution in [-0.2, 0) is 42.0 Å². The van der Waals surface area contributed by atoms with Crippen LogP contribution in [0.25, 0.3) is 10.8 Å². The van der Waals surface area contributed by atoms with Crippen LogP contribution in [0.4, 0.5) is 4.79 Å². The number of fused-ring (bicyclic) bond motifs is 1. The standard InChI is InChI=1S/C41H59N7O8S2/c1-24(2)31-23-57-37(44-31)34-43-29-16-13-12-15-27(29)36(46-34)55-26-21-32(33(42)49)48(22-26)38(51)30(45-39(52)56-40(3,4)5)17-11-9-7-8-10-14-25-20-28(25)35(50)47-58(53,54)41(6)18-19-41/h10,14,23-26,28,30,32H,7-9,11-13,15-22H2,1-6H3,(H2,42,49)(H,45,52)(H,47,50)/b14-10-/t25-,26-,28+,30+,32+/m1/s1. The molecule has 3 heterocycles. The maximum Gasteiger partial charge on any atom is 0.408 e. The maximum absolute atomic E-state index is 14.2. The van der Waals surface area contributed by atoms with Gasteiger partial charge in [-0.3, -0.25) is 19.1 Å². The number of rotatable bonds is 17. The molecule has 318 valence electrons. The van der Waals surface area contributed by atoms with Crippen molar-refractivity contribution in [2.75, 3.05) is 6.54 Å². The number of likely N-dealkylation sites (tertiary alicyclic amines) is 1. The highest BCUT2D eigenvalue weighted by molar-refractivity contribution is 7.91. The molecule has 58 heavy (non-hydrogen) atoms. The van der Waals surface area contributed by atoms with E-state index in [-0.39, 0.29) is 30.7 Å². The molecule has 6 rings (SSSR count). The second-order valence-corrected chi connectivity index (χ2v) is 20.8. The Bertz CT molecular complexity index is 2010. The number of thiazole rings is 1. The minimum atomic E-state index is -3.64. The van der Waals surface area contributed by atoms with Gasteiger partial charge in [-0.1, -0.05) is 38.8 Å². The molecule has 5 atom stereocenters. The number of hydrogen-bond donors (Lipinski definition) is 3. The number of ether oxygens (including phenoxy) is 2. The summed E-state index contributed by atoms with van der Waals surface area (Å²) in [7, 11) is -3.64. The van der Waals surface area contributed by atoms with Crippen molar-refractivity contribution in [3.8, 4) is 16.7 Å². The fraction of sp³-hybridized carbons (Fsp3) is 0.683. The molecule has 1 saturated heterocycles. The summed E-state index contributed by atoms with van der Waals surface area (Å²) in [6.45, 7) is 11.1. The number of nitrogens with zero attached hydrogens (tertiary/aromatic N) is 4. The van der Waals surface area contributed by atoms with Crippen molar-refractivity contribution in [3.05, 3.63) is 34.5 Å². The van der Waals surface area contributed by atoms with Crippen LogP contribution >= 0.6 is 11.3 Å². The molecule has 0 radical (unpaired) electrons. The van der Waals surface area contributed by atoms with Crippen molar-refractivity contribution in [3.63, 3.8) is 0 Å². The second-order valence-electron chi connectivity index (χ2n) is 17.8. The van der Waals surface area contributed by atoms with E-state index < -0.39 is 62.4 Å². The summed E-state index contributed by atoms with van der Waals surface area (Å²) in [6.07, 6.45) is 11.3. The lowest BCUT2D eigenvalue weighted by atomic mass is 9.97. The number of nitrogens with two attached hydrogens (primary N) is 1. The van der Waals surface area contributed by atoms with Gasteiger partial charge in [-0.25, -0.2) is 23.2 Å². The van der Waals surface area contributed by atoms with E-state index >= 15 is 0 Å².